The van der Waals surface area contributed by atoms with E-state index in [-0.39, 0.29) is 35.0 Å². The molecule has 0 bridgehead atoms. The van der Waals surface area contributed by atoms with Crippen molar-refractivity contribution >= 4 is 5.91 Å². The molecule has 2 aromatic rings. The molecule has 0 aromatic carbocycles. The monoisotopic (exact) mass is 396 g/mol. The van der Waals surface area contributed by atoms with Crippen molar-refractivity contribution in [3.63, 3.8) is 0 Å². The second-order valence-electron chi connectivity index (χ2n) is 8.00. The molecule has 2 saturated heterocycles. The van der Waals surface area contributed by atoms with Crippen molar-refractivity contribution in [2.24, 2.45) is 5.92 Å². The van der Waals surface area contributed by atoms with Crippen LogP contribution < -0.4 is 16.2 Å². The number of carbonyl (C=O) groups is 1. The summed E-state index contributed by atoms with van der Waals surface area (Å²) < 4.78 is 7.38. The van der Waals surface area contributed by atoms with Crippen LogP contribution in [0.5, 0.6) is 0 Å². The van der Waals surface area contributed by atoms with Crippen LogP contribution in [0.25, 0.3) is 0 Å². The predicted molar refractivity (Wildman–Crippen MR) is 110 cm³/mol. The Morgan fingerprint density at radius 2 is 2.00 bits per heavy atom. The van der Waals surface area contributed by atoms with Gasteiger partial charge in [-0.3, -0.25) is 14.6 Å². The molecule has 1 amide bonds. The second kappa shape index (κ2) is 8.88. The predicted octanol–water partition coefficient (Wildman–Crippen LogP) is 1.46. The zero-order chi connectivity index (χ0) is 20.2. The Morgan fingerprint density at radius 3 is 2.76 bits per heavy atom. The number of pyridine rings is 2. The highest BCUT2D eigenvalue weighted by molar-refractivity contribution is 5.95. The maximum absolute atomic E-state index is 13.1. The highest BCUT2D eigenvalue weighted by atomic mass is 16.5. The van der Waals surface area contributed by atoms with Gasteiger partial charge in [0.25, 0.3) is 11.5 Å². The zero-order valence-electron chi connectivity index (χ0n) is 16.8. The minimum atomic E-state index is -0.300. The number of aryl methyl sites for hydroxylation is 1. The molecule has 7 heteroatoms. The summed E-state index contributed by atoms with van der Waals surface area (Å²) in [6.07, 6.45) is 7.98. The zero-order valence-corrected chi connectivity index (χ0v) is 16.8. The minimum absolute atomic E-state index is 0.109. The van der Waals surface area contributed by atoms with Crippen molar-refractivity contribution in [1.29, 1.82) is 0 Å². The molecular formula is C22H28N4O3. The minimum Gasteiger partial charge on any atom is -0.379 e. The van der Waals surface area contributed by atoms with Crippen LogP contribution >= 0.6 is 0 Å². The van der Waals surface area contributed by atoms with Crippen LogP contribution in [0.3, 0.4) is 0 Å². The number of hydrogen-bond acceptors (Lipinski definition) is 5. The number of nitrogens with zero attached hydrogens (tertiary/aromatic N) is 2. The average molecular weight is 396 g/mol. The van der Waals surface area contributed by atoms with Crippen molar-refractivity contribution in [2.45, 2.75) is 38.3 Å². The van der Waals surface area contributed by atoms with E-state index in [1.54, 1.807) is 17.0 Å². The molecule has 0 saturated carbocycles. The molecule has 0 unspecified atom stereocenters. The van der Waals surface area contributed by atoms with Crippen molar-refractivity contribution in [3.05, 3.63) is 63.8 Å². The summed E-state index contributed by atoms with van der Waals surface area (Å²) in [6.45, 7) is 4.67. The van der Waals surface area contributed by atoms with E-state index < -0.39 is 0 Å². The summed E-state index contributed by atoms with van der Waals surface area (Å²) in [5.41, 5.74) is 1.93. The van der Waals surface area contributed by atoms with Crippen LogP contribution in [0, 0.1) is 12.8 Å². The summed E-state index contributed by atoms with van der Waals surface area (Å²) in [4.78, 5) is 30.2. The first kappa shape index (κ1) is 19.8. The first-order valence-corrected chi connectivity index (χ1v) is 10.3. The Hall–Kier alpha value is -2.51. The Labute approximate surface area is 170 Å². The van der Waals surface area contributed by atoms with Crippen molar-refractivity contribution in [3.8, 4) is 0 Å². The number of hydrogen-bond donors (Lipinski definition) is 2. The normalized spacial score (nSPS) is 22.5. The first-order chi connectivity index (χ1) is 14.1. The fourth-order valence-corrected chi connectivity index (χ4v) is 4.31. The molecule has 2 fully saturated rings. The fourth-order valence-electron chi connectivity index (χ4n) is 4.31. The lowest BCUT2D eigenvalue weighted by molar-refractivity contribution is 0.0922. The van der Waals surface area contributed by atoms with E-state index in [2.05, 4.69) is 15.6 Å². The smallest absolute Gasteiger partial charge is 0.263 e. The van der Waals surface area contributed by atoms with Crippen LogP contribution in [0.15, 0.2) is 41.6 Å². The summed E-state index contributed by atoms with van der Waals surface area (Å²) in [7, 11) is 0. The van der Waals surface area contributed by atoms with Crippen LogP contribution in [-0.4, -0.2) is 47.8 Å². The highest BCUT2D eigenvalue weighted by Gasteiger charge is 2.31. The van der Waals surface area contributed by atoms with Crippen molar-refractivity contribution in [1.82, 2.24) is 20.2 Å². The standard InChI is InChI=1S/C22H28N4O3/c1-15-6-11-26(18-4-9-24-10-5-18)22(28)20(15)21(27)25-19-14-29-13-17(19)12-16-2-7-23-8-3-16/h2-3,6-8,11,17-19,24H,4-5,9-10,12-14H2,1H3,(H,25,27)/t17-,19+/m1/s1. The summed E-state index contributed by atoms with van der Waals surface area (Å²) in [5, 5.41) is 6.39. The Bertz CT molecular complexity index is 906. The molecule has 2 aliphatic rings. The highest BCUT2D eigenvalue weighted by Crippen LogP contribution is 2.20. The number of nitrogens with one attached hydrogen (secondary N) is 2. The summed E-state index contributed by atoms with van der Waals surface area (Å²) in [6, 6.07) is 5.87. The Morgan fingerprint density at radius 1 is 1.24 bits per heavy atom. The topological polar surface area (TPSA) is 85.2 Å². The molecule has 0 radical (unpaired) electrons. The third-order valence-corrected chi connectivity index (χ3v) is 6.02. The van der Waals surface area contributed by atoms with Crippen LogP contribution in [0.4, 0.5) is 0 Å². The van der Waals surface area contributed by atoms with E-state index in [1.807, 2.05) is 31.3 Å². The lowest BCUT2D eigenvalue weighted by Gasteiger charge is -2.26. The third-order valence-electron chi connectivity index (χ3n) is 6.02. The lowest BCUT2D eigenvalue weighted by Crippen LogP contribution is -2.44. The van der Waals surface area contributed by atoms with Gasteiger partial charge in [0.15, 0.2) is 0 Å². The number of amides is 1. The quantitative estimate of drug-likeness (QED) is 0.799. The largest absolute Gasteiger partial charge is 0.379 e. The van der Waals surface area contributed by atoms with Gasteiger partial charge in [-0.15, -0.1) is 0 Å². The summed E-state index contributed by atoms with van der Waals surface area (Å²) >= 11 is 0. The van der Waals surface area contributed by atoms with E-state index in [4.69, 9.17) is 4.74 Å². The SMILES string of the molecule is Cc1ccn(C2CCNCC2)c(=O)c1C(=O)N[C@H]1COC[C@H]1Cc1ccncc1. The molecule has 2 aliphatic heterocycles. The summed E-state index contributed by atoms with van der Waals surface area (Å²) in [5.74, 6) is -0.122. The van der Waals surface area contributed by atoms with E-state index in [1.165, 1.54) is 5.56 Å². The molecular weight excluding hydrogens is 368 g/mol. The molecule has 2 N–H and O–H groups in total. The third kappa shape index (κ3) is 4.41. The van der Waals surface area contributed by atoms with Gasteiger partial charge in [0.05, 0.1) is 19.3 Å². The van der Waals surface area contributed by atoms with Gasteiger partial charge in [0.1, 0.15) is 5.56 Å². The Kier molecular flexibility index (Phi) is 6.06. The number of carbonyl (C=O) groups excluding carboxylic acids is 1. The van der Waals surface area contributed by atoms with Crippen molar-refractivity contribution in [2.75, 3.05) is 26.3 Å². The molecule has 4 heterocycles. The van der Waals surface area contributed by atoms with Gasteiger partial charge in [-0.05, 0) is 68.6 Å². The molecule has 7 nitrogen and oxygen atoms in total. The van der Waals surface area contributed by atoms with Crippen LogP contribution in [-0.2, 0) is 11.2 Å². The van der Waals surface area contributed by atoms with Crippen LogP contribution in [0.2, 0.25) is 0 Å². The Balaban J connectivity index is 1.51. The number of rotatable bonds is 5. The van der Waals surface area contributed by atoms with Gasteiger partial charge in [-0.2, -0.15) is 0 Å². The maximum atomic E-state index is 13.1. The maximum Gasteiger partial charge on any atom is 0.263 e. The molecule has 29 heavy (non-hydrogen) atoms. The van der Waals surface area contributed by atoms with Gasteiger partial charge in [0, 0.05) is 30.6 Å². The van der Waals surface area contributed by atoms with Gasteiger partial charge in [-0.25, -0.2) is 0 Å². The number of piperidine rings is 1. The average Bonchev–Trinajstić information content (AvgIpc) is 3.16. The molecule has 0 spiro atoms. The van der Waals surface area contributed by atoms with E-state index in [0.29, 0.717) is 18.8 Å². The molecule has 0 aliphatic carbocycles. The molecule has 154 valence electrons. The fraction of sp³-hybridized carbons (Fsp3) is 0.500. The van der Waals surface area contributed by atoms with E-state index >= 15 is 0 Å². The molecule has 4 rings (SSSR count). The lowest BCUT2D eigenvalue weighted by atomic mass is 9.95. The van der Waals surface area contributed by atoms with E-state index in [9.17, 15) is 9.59 Å². The second-order valence-corrected chi connectivity index (χ2v) is 8.00. The molecule has 2 aromatic heterocycles. The van der Waals surface area contributed by atoms with Crippen LogP contribution in [0.1, 0.15) is 40.4 Å². The van der Waals surface area contributed by atoms with E-state index in [0.717, 1.165) is 32.4 Å². The number of aromatic nitrogens is 2. The first-order valence-electron chi connectivity index (χ1n) is 10.3. The molecule has 2 atom stereocenters. The van der Waals surface area contributed by atoms with Gasteiger partial charge < -0.3 is 19.9 Å². The van der Waals surface area contributed by atoms with Gasteiger partial charge in [0.2, 0.25) is 0 Å². The van der Waals surface area contributed by atoms with Gasteiger partial charge in [-0.1, -0.05) is 0 Å². The number of ether oxygens (including phenoxy) is 1. The van der Waals surface area contributed by atoms with Crippen molar-refractivity contribution < 1.29 is 9.53 Å². The van der Waals surface area contributed by atoms with Gasteiger partial charge >= 0.3 is 0 Å².